The van der Waals surface area contributed by atoms with Crippen molar-refractivity contribution < 1.29 is 14.3 Å². The first kappa shape index (κ1) is 19.5. The first-order valence-corrected chi connectivity index (χ1v) is 10.8. The van der Waals surface area contributed by atoms with Crippen LogP contribution in [-0.2, 0) is 26.2 Å². The Morgan fingerprint density at radius 2 is 1.68 bits per heavy atom. The van der Waals surface area contributed by atoms with Crippen LogP contribution in [0, 0.1) is 17.3 Å². The van der Waals surface area contributed by atoms with Crippen molar-refractivity contribution in [3.8, 4) is 0 Å². The second kappa shape index (κ2) is 6.89. The van der Waals surface area contributed by atoms with Gasteiger partial charge in [-0.1, -0.05) is 45.0 Å². The number of esters is 1. The Labute approximate surface area is 168 Å². The molecule has 1 saturated carbocycles. The monoisotopic (exact) mass is 383 g/mol. The number of nitrogens with zero attached hydrogens (tertiary/aromatic N) is 1. The molecule has 4 nitrogen and oxygen atoms in total. The van der Waals surface area contributed by atoms with Gasteiger partial charge in [0.1, 0.15) is 0 Å². The Kier molecular flexibility index (Phi) is 4.79. The van der Waals surface area contributed by atoms with E-state index in [2.05, 4.69) is 49.9 Å². The van der Waals surface area contributed by atoms with E-state index in [0.29, 0.717) is 5.91 Å². The maximum atomic E-state index is 13.5. The minimum Gasteiger partial charge on any atom is -0.469 e. The SMILES string of the molecule is COC(=O)[C@H]1CC[C@H](C(=O)N2CC[C@@]3(C)c4ccccc4C[C@@H]2C3(C)C)CC1. The molecule has 152 valence electrons. The van der Waals surface area contributed by atoms with Crippen LogP contribution in [0.1, 0.15) is 64.0 Å². The Balaban J connectivity index is 1.55. The van der Waals surface area contributed by atoms with Crippen LogP contribution in [0.15, 0.2) is 24.3 Å². The lowest BCUT2D eigenvalue weighted by Gasteiger charge is -2.61. The van der Waals surface area contributed by atoms with Gasteiger partial charge in [0.25, 0.3) is 0 Å². The van der Waals surface area contributed by atoms with E-state index in [1.54, 1.807) is 0 Å². The summed E-state index contributed by atoms with van der Waals surface area (Å²) < 4.78 is 4.89. The van der Waals surface area contributed by atoms with Crippen LogP contribution in [-0.4, -0.2) is 36.5 Å². The first-order chi connectivity index (χ1) is 13.3. The normalized spacial score (nSPS) is 33.7. The molecule has 2 aliphatic carbocycles. The highest BCUT2D eigenvalue weighted by molar-refractivity contribution is 5.80. The van der Waals surface area contributed by atoms with E-state index < -0.39 is 0 Å². The molecular formula is C24H33NO3. The summed E-state index contributed by atoms with van der Waals surface area (Å²) in [5, 5.41) is 0. The molecule has 1 aromatic rings. The minimum atomic E-state index is -0.121. The van der Waals surface area contributed by atoms with E-state index >= 15 is 0 Å². The van der Waals surface area contributed by atoms with Crippen molar-refractivity contribution in [2.24, 2.45) is 17.3 Å². The van der Waals surface area contributed by atoms with Gasteiger partial charge < -0.3 is 9.64 Å². The number of carbonyl (C=O) groups is 2. The molecule has 0 spiro atoms. The van der Waals surface area contributed by atoms with Gasteiger partial charge in [-0.15, -0.1) is 0 Å². The maximum Gasteiger partial charge on any atom is 0.308 e. The minimum absolute atomic E-state index is 0.0308. The van der Waals surface area contributed by atoms with Gasteiger partial charge in [-0.2, -0.15) is 0 Å². The van der Waals surface area contributed by atoms with Gasteiger partial charge in [0.05, 0.1) is 13.0 Å². The van der Waals surface area contributed by atoms with E-state index in [-0.39, 0.29) is 34.7 Å². The maximum absolute atomic E-state index is 13.5. The smallest absolute Gasteiger partial charge is 0.308 e. The van der Waals surface area contributed by atoms with Crippen molar-refractivity contribution in [1.29, 1.82) is 0 Å². The van der Waals surface area contributed by atoms with E-state index in [4.69, 9.17) is 4.74 Å². The van der Waals surface area contributed by atoms with Crippen molar-refractivity contribution in [1.82, 2.24) is 4.90 Å². The van der Waals surface area contributed by atoms with Crippen molar-refractivity contribution >= 4 is 11.9 Å². The Morgan fingerprint density at radius 3 is 2.36 bits per heavy atom. The van der Waals surface area contributed by atoms with Gasteiger partial charge >= 0.3 is 5.97 Å². The van der Waals surface area contributed by atoms with Crippen LogP contribution in [0.3, 0.4) is 0 Å². The van der Waals surface area contributed by atoms with Gasteiger partial charge in [-0.25, -0.2) is 0 Å². The topological polar surface area (TPSA) is 46.6 Å². The van der Waals surface area contributed by atoms with E-state index in [1.807, 2.05) is 0 Å². The third-order valence-electron chi connectivity index (χ3n) is 8.40. The fourth-order valence-electron chi connectivity index (χ4n) is 6.11. The standard InChI is InChI=1S/C24H33NO3/c1-23(2)20-15-18-7-5-6-8-19(18)24(23,3)13-14-25(20)21(26)16-9-11-17(12-10-16)22(27)28-4/h5-8,16-17,20H,9-15H2,1-4H3/t16-,17-,20-,24+/m1/s1. The second-order valence-electron chi connectivity index (χ2n) is 9.78. The molecular weight excluding hydrogens is 350 g/mol. The number of piperidine rings is 1. The fourth-order valence-corrected chi connectivity index (χ4v) is 6.11. The quantitative estimate of drug-likeness (QED) is 0.722. The molecule has 1 saturated heterocycles. The number of amides is 1. The number of hydrogen-bond donors (Lipinski definition) is 0. The summed E-state index contributed by atoms with van der Waals surface area (Å²) in [6, 6.07) is 9.05. The lowest BCUT2D eigenvalue weighted by Crippen LogP contribution is -2.65. The second-order valence-corrected chi connectivity index (χ2v) is 9.78. The largest absolute Gasteiger partial charge is 0.469 e. The summed E-state index contributed by atoms with van der Waals surface area (Å²) in [5.74, 6) is 0.211. The summed E-state index contributed by atoms with van der Waals surface area (Å²) in [6.07, 6.45) is 5.10. The molecule has 1 amide bonds. The van der Waals surface area contributed by atoms with Crippen LogP contribution < -0.4 is 0 Å². The van der Waals surface area contributed by atoms with Crippen LogP contribution in [0.4, 0.5) is 0 Å². The molecule has 2 fully saturated rings. The molecule has 0 N–H and O–H groups in total. The van der Waals surface area contributed by atoms with Gasteiger partial charge in [0, 0.05) is 23.9 Å². The van der Waals surface area contributed by atoms with Crippen molar-refractivity contribution in [2.45, 2.75) is 70.8 Å². The van der Waals surface area contributed by atoms with E-state index in [9.17, 15) is 9.59 Å². The first-order valence-electron chi connectivity index (χ1n) is 10.8. The van der Waals surface area contributed by atoms with Gasteiger partial charge in [-0.3, -0.25) is 9.59 Å². The van der Waals surface area contributed by atoms with Crippen LogP contribution in [0.25, 0.3) is 0 Å². The Bertz CT molecular complexity index is 778. The predicted octanol–water partition coefficient (Wildman–Crippen LogP) is 4.11. The molecule has 0 radical (unpaired) electrons. The predicted molar refractivity (Wildman–Crippen MR) is 109 cm³/mol. The molecule has 0 unspecified atom stereocenters. The summed E-state index contributed by atoms with van der Waals surface area (Å²) in [4.78, 5) is 27.5. The number of fused-ring (bicyclic) bond motifs is 4. The summed E-state index contributed by atoms with van der Waals surface area (Å²) in [5.41, 5.74) is 3.02. The van der Waals surface area contributed by atoms with E-state index in [0.717, 1.165) is 45.1 Å². The zero-order valence-corrected chi connectivity index (χ0v) is 17.7. The number of carbonyl (C=O) groups excluding carboxylic acids is 2. The molecule has 3 aliphatic rings. The lowest BCUT2D eigenvalue weighted by atomic mass is 9.51. The summed E-state index contributed by atoms with van der Waals surface area (Å²) in [7, 11) is 1.45. The van der Waals surface area contributed by atoms with Gasteiger partial charge in [0.15, 0.2) is 0 Å². The molecule has 4 rings (SSSR count). The highest BCUT2D eigenvalue weighted by atomic mass is 16.5. The number of ether oxygens (including phenoxy) is 1. The van der Waals surface area contributed by atoms with Gasteiger partial charge in [-0.05, 0) is 55.1 Å². The highest BCUT2D eigenvalue weighted by Gasteiger charge is 2.57. The molecule has 1 aliphatic heterocycles. The van der Waals surface area contributed by atoms with Crippen LogP contribution >= 0.6 is 0 Å². The number of benzene rings is 1. The van der Waals surface area contributed by atoms with E-state index in [1.165, 1.54) is 18.2 Å². The zero-order valence-electron chi connectivity index (χ0n) is 17.7. The average Bonchev–Trinajstić information content (AvgIpc) is 2.70. The molecule has 28 heavy (non-hydrogen) atoms. The summed E-state index contributed by atoms with van der Waals surface area (Å²) in [6.45, 7) is 7.93. The van der Waals surface area contributed by atoms with Crippen molar-refractivity contribution in [3.05, 3.63) is 35.4 Å². The number of methoxy groups -OCH3 is 1. The Hall–Kier alpha value is -1.84. The third-order valence-corrected chi connectivity index (χ3v) is 8.40. The van der Waals surface area contributed by atoms with Crippen molar-refractivity contribution in [3.63, 3.8) is 0 Å². The van der Waals surface area contributed by atoms with Crippen LogP contribution in [0.2, 0.25) is 0 Å². The Morgan fingerprint density at radius 1 is 1.04 bits per heavy atom. The highest BCUT2D eigenvalue weighted by Crippen LogP contribution is 2.56. The summed E-state index contributed by atoms with van der Waals surface area (Å²) >= 11 is 0. The molecule has 1 aromatic carbocycles. The zero-order chi connectivity index (χ0) is 20.1. The molecule has 1 heterocycles. The number of hydrogen-bond acceptors (Lipinski definition) is 3. The number of likely N-dealkylation sites (tertiary alicyclic amines) is 1. The van der Waals surface area contributed by atoms with Gasteiger partial charge in [0.2, 0.25) is 5.91 Å². The molecule has 2 bridgehead atoms. The average molecular weight is 384 g/mol. The van der Waals surface area contributed by atoms with Crippen molar-refractivity contribution in [2.75, 3.05) is 13.7 Å². The fraction of sp³-hybridized carbons (Fsp3) is 0.667. The number of rotatable bonds is 2. The third kappa shape index (κ3) is 2.79. The lowest BCUT2D eigenvalue weighted by molar-refractivity contribution is -0.153. The molecule has 2 atom stereocenters. The van der Waals surface area contributed by atoms with Crippen LogP contribution in [0.5, 0.6) is 0 Å². The molecule has 4 heteroatoms. The molecule has 0 aromatic heterocycles.